The Hall–Kier alpha value is -3.60. The third-order valence-corrected chi connectivity index (χ3v) is 10.6. The fourth-order valence-electron chi connectivity index (χ4n) is 6.07. The summed E-state index contributed by atoms with van der Waals surface area (Å²) in [5.74, 6) is 1.68. The Bertz CT molecular complexity index is 1960. The zero-order chi connectivity index (χ0) is 36.9. The average Bonchev–Trinajstić information content (AvgIpc) is 3.53. The molecular formula is C45H57IrN2O3-. The largest absolute Gasteiger partial charge is 0.512 e. The van der Waals surface area contributed by atoms with Gasteiger partial charge in [-0.15, -0.1) is 29.1 Å². The molecule has 1 radical (unpaired) electrons. The van der Waals surface area contributed by atoms with Crippen molar-refractivity contribution in [1.82, 2.24) is 9.97 Å². The fraction of sp³-hybridized carbons (Fsp3) is 0.444. The number of pyridine rings is 2. The van der Waals surface area contributed by atoms with Crippen LogP contribution in [-0.4, -0.2) is 20.9 Å². The van der Waals surface area contributed by atoms with Crippen molar-refractivity contribution in [3.8, 4) is 22.6 Å². The van der Waals surface area contributed by atoms with Gasteiger partial charge in [0, 0.05) is 65.5 Å². The van der Waals surface area contributed by atoms with Crippen molar-refractivity contribution in [2.24, 2.45) is 16.7 Å². The second-order valence-corrected chi connectivity index (χ2v) is 15.7. The summed E-state index contributed by atoms with van der Waals surface area (Å²) in [5.41, 5.74) is 5.51. The number of aliphatic hydroxyl groups is 1. The van der Waals surface area contributed by atoms with E-state index in [1.807, 2.05) is 60.0 Å². The molecule has 0 fully saturated rings. The van der Waals surface area contributed by atoms with Crippen LogP contribution >= 0.6 is 0 Å². The van der Waals surface area contributed by atoms with Crippen molar-refractivity contribution in [2.45, 2.75) is 114 Å². The fourth-order valence-corrected chi connectivity index (χ4v) is 6.07. The summed E-state index contributed by atoms with van der Waals surface area (Å²) in [4.78, 5) is 21.4. The molecule has 0 amide bonds. The van der Waals surface area contributed by atoms with Gasteiger partial charge in [0.05, 0.1) is 6.20 Å². The van der Waals surface area contributed by atoms with E-state index in [2.05, 4.69) is 99.2 Å². The maximum absolute atomic E-state index is 12.2. The Kier molecular flexibility index (Phi) is 14.2. The summed E-state index contributed by atoms with van der Waals surface area (Å²) in [5, 5.41) is 13.6. The van der Waals surface area contributed by atoms with E-state index in [1.165, 1.54) is 17.0 Å². The average molecular weight is 866 g/mol. The molecule has 5 aromatic rings. The van der Waals surface area contributed by atoms with E-state index in [-0.39, 0.29) is 47.9 Å². The van der Waals surface area contributed by atoms with Crippen molar-refractivity contribution >= 4 is 27.5 Å². The Morgan fingerprint density at radius 1 is 0.882 bits per heavy atom. The predicted octanol–water partition coefficient (Wildman–Crippen LogP) is 12.7. The number of allylic oxidation sites excluding steroid dienone is 2. The first-order valence-corrected chi connectivity index (χ1v) is 18.3. The summed E-state index contributed by atoms with van der Waals surface area (Å²) in [6, 6.07) is 22.6. The molecule has 1 N–H and O–H groups in total. The van der Waals surface area contributed by atoms with Crippen LogP contribution in [0, 0.1) is 22.8 Å². The summed E-state index contributed by atoms with van der Waals surface area (Å²) in [6.45, 7) is 23.2. The molecule has 0 bridgehead atoms. The number of hydrogen-bond donors (Lipinski definition) is 1. The van der Waals surface area contributed by atoms with E-state index in [1.54, 1.807) is 0 Å². The molecule has 5 nitrogen and oxygen atoms in total. The van der Waals surface area contributed by atoms with Crippen molar-refractivity contribution < 1.29 is 34.4 Å². The maximum atomic E-state index is 12.2. The van der Waals surface area contributed by atoms with Crippen LogP contribution in [0.1, 0.15) is 113 Å². The molecule has 275 valence electrons. The van der Waals surface area contributed by atoms with Crippen LogP contribution in [0.25, 0.3) is 44.3 Å². The van der Waals surface area contributed by atoms with E-state index in [9.17, 15) is 9.90 Å². The maximum Gasteiger partial charge on any atom is 0.164 e. The molecule has 0 spiro atoms. The van der Waals surface area contributed by atoms with E-state index in [0.29, 0.717) is 5.92 Å². The van der Waals surface area contributed by atoms with Crippen LogP contribution < -0.4 is 0 Å². The molecule has 0 aliphatic carbocycles. The summed E-state index contributed by atoms with van der Waals surface area (Å²) in [7, 11) is 0. The van der Waals surface area contributed by atoms with Crippen molar-refractivity contribution in [3.05, 3.63) is 96.1 Å². The molecule has 3 aromatic heterocycles. The Labute approximate surface area is 319 Å². The van der Waals surface area contributed by atoms with Gasteiger partial charge in [0.2, 0.25) is 0 Å². The molecule has 0 aliphatic rings. The van der Waals surface area contributed by atoms with Gasteiger partial charge in [-0.3, -0.25) is 14.8 Å². The van der Waals surface area contributed by atoms with Crippen LogP contribution in [0.4, 0.5) is 0 Å². The number of hydrogen-bond acceptors (Lipinski definition) is 5. The van der Waals surface area contributed by atoms with Crippen molar-refractivity contribution in [2.75, 3.05) is 0 Å². The SMILES string of the molecule is CC(C)Cc1cc2cc(-c3ccnc(-c4[c-]c5ccccc5c(C(C)(C)C)c4)c3)oc2cn1.CCC(C)(CC)C(=O)/C=C(\O)C(C)(CC)CC.[Ir]. The van der Waals surface area contributed by atoms with Crippen molar-refractivity contribution in [3.63, 3.8) is 0 Å². The number of aliphatic hydroxyl groups excluding tert-OH is 1. The van der Waals surface area contributed by atoms with Gasteiger partial charge >= 0.3 is 0 Å². The molecule has 5 rings (SSSR count). The molecule has 3 heterocycles. The summed E-state index contributed by atoms with van der Waals surface area (Å²) >= 11 is 0. The number of carbonyl (C=O) groups is 1. The standard InChI is InChI=1S/C30H29N2O.C15H28O2.Ir/c1-19(2)12-24-14-23-17-28(33-29(23)18-32-24)21-10-11-31-27(16-21)22-13-20-8-6-7-9-25(20)26(15-22)30(3,4)5;1-7-14(5,8-2)12(16)11-13(17)15(6,9-3)10-4;/h6-11,14-19H,12H2,1-5H3;11,16H,7-10H2,1-6H3;/q-1;;/b;12-11-;. The van der Waals surface area contributed by atoms with Crippen LogP contribution in [0.15, 0.2) is 83.2 Å². The van der Waals surface area contributed by atoms with Gasteiger partial charge in [0.1, 0.15) is 11.5 Å². The number of aromatic nitrogens is 2. The van der Waals surface area contributed by atoms with Gasteiger partial charge in [0.25, 0.3) is 0 Å². The zero-order valence-corrected chi connectivity index (χ0v) is 34.9. The van der Waals surface area contributed by atoms with Crippen LogP contribution in [0.2, 0.25) is 0 Å². The monoisotopic (exact) mass is 866 g/mol. The molecule has 0 atom stereocenters. The molecule has 0 unspecified atom stereocenters. The third kappa shape index (κ3) is 9.84. The van der Waals surface area contributed by atoms with Crippen molar-refractivity contribution in [1.29, 1.82) is 0 Å². The molecule has 0 saturated carbocycles. The van der Waals surface area contributed by atoms with E-state index in [4.69, 9.17) is 4.42 Å². The second kappa shape index (κ2) is 17.3. The van der Waals surface area contributed by atoms with Gasteiger partial charge in [-0.05, 0) is 61.6 Å². The van der Waals surface area contributed by atoms with Crippen LogP contribution in [0.5, 0.6) is 0 Å². The van der Waals surface area contributed by atoms with E-state index < -0.39 is 0 Å². The predicted molar refractivity (Wildman–Crippen MR) is 209 cm³/mol. The molecule has 2 aromatic carbocycles. The normalized spacial score (nSPS) is 12.5. The van der Waals surface area contributed by atoms with Gasteiger partial charge in [-0.25, -0.2) is 0 Å². The smallest absolute Gasteiger partial charge is 0.164 e. The zero-order valence-electron chi connectivity index (χ0n) is 32.5. The number of furan rings is 1. The van der Waals surface area contributed by atoms with E-state index in [0.717, 1.165) is 76.7 Å². The number of fused-ring (bicyclic) bond motifs is 2. The first-order valence-electron chi connectivity index (χ1n) is 18.3. The molecule has 51 heavy (non-hydrogen) atoms. The number of nitrogens with zero attached hydrogens (tertiary/aromatic N) is 2. The van der Waals surface area contributed by atoms with Gasteiger partial charge < -0.3 is 9.52 Å². The Balaban J connectivity index is 0.000000335. The number of ketones is 1. The Morgan fingerprint density at radius 3 is 2.14 bits per heavy atom. The quantitative estimate of drug-likeness (QED) is 0.0813. The number of carbonyl (C=O) groups excluding carboxylic acids is 1. The number of benzene rings is 2. The van der Waals surface area contributed by atoms with Crippen LogP contribution in [-0.2, 0) is 36.7 Å². The van der Waals surface area contributed by atoms with Gasteiger partial charge in [0.15, 0.2) is 11.4 Å². The minimum atomic E-state index is -0.337. The molecule has 0 aliphatic heterocycles. The van der Waals surface area contributed by atoms with Gasteiger partial charge in [-0.2, -0.15) is 0 Å². The molecule has 6 heteroatoms. The number of rotatable bonds is 11. The summed E-state index contributed by atoms with van der Waals surface area (Å²) in [6.07, 6.45) is 9.40. The minimum absolute atomic E-state index is 0. The topological polar surface area (TPSA) is 76.2 Å². The first kappa shape index (κ1) is 41.8. The summed E-state index contributed by atoms with van der Waals surface area (Å²) < 4.78 is 6.15. The second-order valence-electron chi connectivity index (χ2n) is 15.7. The van der Waals surface area contributed by atoms with Crippen LogP contribution in [0.3, 0.4) is 0 Å². The Morgan fingerprint density at radius 2 is 1.53 bits per heavy atom. The molecule has 0 saturated heterocycles. The van der Waals surface area contributed by atoms with E-state index >= 15 is 0 Å². The minimum Gasteiger partial charge on any atom is -0.512 e. The molecular weight excluding hydrogens is 809 g/mol. The third-order valence-electron chi connectivity index (χ3n) is 10.6. The van der Waals surface area contributed by atoms with Gasteiger partial charge in [-0.1, -0.05) is 111 Å². The first-order chi connectivity index (χ1) is 23.6.